The van der Waals surface area contributed by atoms with Gasteiger partial charge in [0.25, 0.3) is 0 Å². The van der Waals surface area contributed by atoms with Crippen molar-refractivity contribution >= 4 is 52.2 Å². The number of hydrogen-bond acceptors (Lipinski definition) is 8. The molecule has 1 aromatic carbocycles. The molecule has 0 atom stereocenters. The molecule has 1 aliphatic rings. The summed E-state index contributed by atoms with van der Waals surface area (Å²) >= 11 is 11.9. The Morgan fingerprint density at radius 1 is 1.31 bits per heavy atom. The van der Waals surface area contributed by atoms with Crippen molar-refractivity contribution in [3.63, 3.8) is 0 Å². The summed E-state index contributed by atoms with van der Waals surface area (Å²) in [5.74, 6) is -0.187. The first-order chi connectivity index (χ1) is 13.9. The summed E-state index contributed by atoms with van der Waals surface area (Å²) in [6.45, 7) is 3.00. The van der Waals surface area contributed by atoms with Crippen LogP contribution in [0.4, 0.5) is 23.0 Å². The van der Waals surface area contributed by atoms with Gasteiger partial charge in [-0.05, 0) is 38.0 Å². The topological polar surface area (TPSA) is 110 Å². The van der Waals surface area contributed by atoms with Crippen LogP contribution in [-0.4, -0.2) is 40.6 Å². The summed E-state index contributed by atoms with van der Waals surface area (Å²) in [5.41, 5.74) is 0.265. The number of hydrogen-bond donors (Lipinski definition) is 1. The van der Waals surface area contributed by atoms with Crippen molar-refractivity contribution in [3.8, 4) is 0 Å². The van der Waals surface area contributed by atoms with E-state index in [1.807, 2.05) is 0 Å². The first-order valence-corrected chi connectivity index (χ1v) is 9.79. The van der Waals surface area contributed by atoms with Gasteiger partial charge in [-0.15, -0.1) is 0 Å². The van der Waals surface area contributed by atoms with Gasteiger partial charge in [0.2, 0.25) is 11.6 Å². The van der Waals surface area contributed by atoms with E-state index in [-0.39, 0.29) is 29.2 Å². The molecule has 11 heteroatoms. The van der Waals surface area contributed by atoms with Crippen molar-refractivity contribution in [3.05, 3.63) is 44.7 Å². The second kappa shape index (κ2) is 9.23. The Morgan fingerprint density at radius 2 is 2.03 bits per heavy atom. The number of anilines is 3. The van der Waals surface area contributed by atoms with Crippen LogP contribution in [0.2, 0.25) is 10.0 Å². The fourth-order valence-corrected chi connectivity index (χ4v) is 3.46. The van der Waals surface area contributed by atoms with E-state index >= 15 is 0 Å². The van der Waals surface area contributed by atoms with Crippen LogP contribution in [0.15, 0.2) is 24.5 Å². The minimum Gasteiger partial charge on any atom is -0.466 e. The normalized spacial score (nSPS) is 14.5. The molecule has 0 aliphatic carbocycles. The van der Waals surface area contributed by atoms with Crippen LogP contribution in [0.25, 0.3) is 0 Å². The number of nitrogens with zero attached hydrogens (tertiary/aromatic N) is 4. The van der Waals surface area contributed by atoms with Gasteiger partial charge in [0.05, 0.1) is 27.5 Å². The fourth-order valence-electron chi connectivity index (χ4n) is 3.16. The Hall–Kier alpha value is -2.65. The molecule has 0 unspecified atom stereocenters. The van der Waals surface area contributed by atoms with Gasteiger partial charge >= 0.3 is 11.7 Å². The number of carbonyl (C=O) groups is 1. The lowest BCUT2D eigenvalue weighted by atomic mass is 9.97. The molecule has 0 amide bonds. The molecule has 0 radical (unpaired) electrons. The quantitative estimate of drug-likeness (QED) is 0.404. The molecular weight excluding hydrogens is 421 g/mol. The Labute approximate surface area is 177 Å². The van der Waals surface area contributed by atoms with Gasteiger partial charge in [-0.25, -0.2) is 9.97 Å². The molecular formula is C18H19Cl2N5O4. The Bertz CT molecular complexity index is 919. The average molecular weight is 440 g/mol. The molecule has 1 aromatic heterocycles. The van der Waals surface area contributed by atoms with Gasteiger partial charge in [-0.3, -0.25) is 14.9 Å². The zero-order valence-corrected chi connectivity index (χ0v) is 17.1. The number of ether oxygens (including phenoxy) is 1. The highest BCUT2D eigenvalue weighted by atomic mass is 35.5. The Balaban J connectivity index is 1.83. The van der Waals surface area contributed by atoms with Crippen molar-refractivity contribution in [2.24, 2.45) is 5.92 Å². The largest absolute Gasteiger partial charge is 0.466 e. The zero-order valence-electron chi connectivity index (χ0n) is 15.6. The summed E-state index contributed by atoms with van der Waals surface area (Å²) in [4.78, 5) is 33.1. The van der Waals surface area contributed by atoms with E-state index in [0.717, 1.165) is 0 Å². The highest BCUT2D eigenvalue weighted by molar-refractivity contribution is 6.42. The third-order valence-electron chi connectivity index (χ3n) is 4.58. The molecule has 0 spiro atoms. The standard InChI is InChI=1S/C18H19Cl2N5O4/c1-2-29-18(26)11-5-7-24(8-6-11)17-15(25(27)28)16(21-10-22-17)23-12-3-4-13(19)14(20)9-12/h3-4,9-11H,2,5-8H2,1H3,(H,21,22,23). The predicted molar refractivity (Wildman–Crippen MR) is 110 cm³/mol. The summed E-state index contributed by atoms with van der Waals surface area (Å²) in [5, 5.41) is 15.4. The Kier molecular flexibility index (Phi) is 6.71. The number of carbonyl (C=O) groups excluding carboxylic acids is 1. The molecule has 29 heavy (non-hydrogen) atoms. The molecule has 3 rings (SSSR count). The number of halogens is 2. The number of piperidine rings is 1. The molecule has 1 fully saturated rings. The Morgan fingerprint density at radius 3 is 2.66 bits per heavy atom. The van der Waals surface area contributed by atoms with Crippen LogP contribution in [0, 0.1) is 16.0 Å². The van der Waals surface area contributed by atoms with Crippen molar-refractivity contribution in [1.82, 2.24) is 9.97 Å². The van der Waals surface area contributed by atoms with Gasteiger partial charge in [0.15, 0.2) is 0 Å². The lowest BCUT2D eigenvalue weighted by Crippen LogP contribution is -2.37. The molecule has 1 N–H and O–H groups in total. The molecule has 0 bridgehead atoms. The highest BCUT2D eigenvalue weighted by Gasteiger charge is 2.32. The summed E-state index contributed by atoms with van der Waals surface area (Å²) in [6.07, 6.45) is 2.34. The molecule has 2 heterocycles. The maximum Gasteiger partial charge on any atom is 0.353 e. The monoisotopic (exact) mass is 439 g/mol. The van der Waals surface area contributed by atoms with Crippen LogP contribution >= 0.6 is 23.2 Å². The smallest absolute Gasteiger partial charge is 0.353 e. The van der Waals surface area contributed by atoms with E-state index in [9.17, 15) is 14.9 Å². The lowest BCUT2D eigenvalue weighted by Gasteiger charge is -2.31. The van der Waals surface area contributed by atoms with Crippen LogP contribution in [0.1, 0.15) is 19.8 Å². The summed E-state index contributed by atoms with van der Waals surface area (Å²) in [6, 6.07) is 4.78. The van der Waals surface area contributed by atoms with E-state index in [1.54, 1.807) is 30.0 Å². The maximum atomic E-state index is 11.9. The number of nitrogens with one attached hydrogen (secondary N) is 1. The molecule has 154 valence electrons. The molecule has 2 aromatic rings. The third kappa shape index (κ3) is 4.86. The summed E-state index contributed by atoms with van der Waals surface area (Å²) < 4.78 is 5.07. The summed E-state index contributed by atoms with van der Waals surface area (Å²) in [7, 11) is 0. The molecule has 0 saturated carbocycles. The van der Waals surface area contributed by atoms with Gasteiger partial charge in [0, 0.05) is 18.8 Å². The second-order valence-electron chi connectivity index (χ2n) is 6.42. The van der Waals surface area contributed by atoms with Crippen LogP contribution in [0.3, 0.4) is 0 Å². The van der Waals surface area contributed by atoms with Crippen LogP contribution in [0.5, 0.6) is 0 Å². The number of benzene rings is 1. The number of rotatable bonds is 6. The van der Waals surface area contributed by atoms with Gasteiger partial charge in [-0.2, -0.15) is 0 Å². The first-order valence-electron chi connectivity index (χ1n) is 9.03. The van der Waals surface area contributed by atoms with Crippen molar-refractivity contribution in [1.29, 1.82) is 0 Å². The van der Waals surface area contributed by atoms with E-state index in [0.29, 0.717) is 48.3 Å². The first kappa shape index (κ1) is 21.1. The average Bonchev–Trinajstić information content (AvgIpc) is 2.71. The predicted octanol–water partition coefficient (Wildman–Crippen LogP) is 4.21. The van der Waals surface area contributed by atoms with E-state index in [1.165, 1.54) is 6.33 Å². The third-order valence-corrected chi connectivity index (χ3v) is 5.32. The SMILES string of the molecule is CCOC(=O)C1CCN(c2ncnc(Nc3ccc(Cl)c(Cl)c3)c2[N+](=O)[O-])CC1. The van der Waals surface area contributed by atoms with Gasteiger partial charge < -0.3 is 15.0 Å². The number of esters is 1. The maximum absolute atomic E-state index is 11.9. The van der Waals surface area contributed by atoms with E-state index in [2.05, 4.69) is 15.3 Å². The molecule has 1 saturated heterocycles. The zero-order chi connectivity index (χ0) is 21.0. The van der Waals surface area contributed by atoms with Gasteiger partial charge in [-0.1, -0.05) is 23.2 Å². The van der Waals surface area contributed by atoms with Crippen molar-refractivity contribution in [2.45, 2.75) is 19.8 Å². The number of nitro groups is 1. The minimum atomic E-state index is -0.521. The van der Waals surface area contributed by atoms with E-state index in [4.69, 9.17) is 27.9 Å². The number of aromatic nitrogens is 2. The molecule has 9 nitrogen and oxygen atoms in total. The van der Waals surface area contributed by atoms with Gasteiger partial charge in [0.1, 0.15) is 6.33 Å². The van der Waals surface area contributed by atoms with Crippen LogP contribution in [-0.2, 0) is 9.53 Å². The second-order valence-corrected chi connectivity index (χ2v) is 7.23. The van der Waals surface area contributed by atoms with E-state index < -0.39 is 4.92 Å². The van der Waals surface area contributed by atoms with Crippen LogP contribution < -0.4 is 10.2 Å². The van der Waals surface area contributed by atoms with Crippen molar-refractivity contribution in [2.75, 3.05) is 29.9 Å². The minimum absolute atomic E-state index is 0.0471. The van der Waals surface area contributed by atoms with Crippen molar-refractivity contribution < 1.29 is 14.5 Å². The fraction of sp³-hybridized carbons (Fsp3) is 0.389. The highest BCUT2D eigenvalue weighted by Crippen LogP contribution is 2.36. The molecule has 1 aliphatic heterocycles. The lowest BCUT2D eigenvalue weighted by molar-refractivity contribution is -0.383.